The predicted octanol–water partition coefficient (Wildman–Crippen LogP) is 0.0270. The van der Waals surface area contributed by atoms with Crippen LogP contribution in [0, 0.1) is 0 Å². The van der Waals surface area contributed by atoms with Gasteiger partial charge < -0.3 is 4.74 Å². The van der Waals surface area contributed by atoms with Crippen LogP contribution in [0.4, 0.5) is 13.2 Å². The second kappa shape index (κ2) is 3.75. The van der Waals surface area contributed by atoms with E-state index in [0.717, 1.165) is 0 Å². The van der Waals surface area contributed by atoms with Crippen LogP contribution in [0.15, 0.2) is 0 Å². The molecule has 0 aromatic carbocycles. The molecule has 0 radical (unpaired) electrons. The summed E-state index contributed by atoms with van der Waals surface area (Å²) in [4.78, 5) is 0. The van der Waals surface area contributed by atoms with Crippen LogP contribution < -0.4 is 11.3 Å². The number of hydrogen-bond donors (Lipinski definition) is 2. The second-order valence-electron chi connectivity index (χ2n) is 1.72. The lowest BCUT2D eigenvalue weighted by Crippen LogP contribution is -2.48. The summed E-state index contributed by atoms with van der Waals surface area (Å²) < 4.78 is 39.3. The SMILES string of the molecule is COCC(NN)C(F)(F)F. The summed E-state index contributed by atoms with van der Waals surface area (Å²) in [5.41, 5.74) is 1.59. The molecule has 0 saturated heterocycles. The first-order chi connectivity index (χ1) is 4.52. The van der Waals surface area contributed by atoms with Gasteiger partial charge in [-0.05, 0) is 0 Å². The maximum atomic E-state index is 11.7. The fraction of sp³-hybridized carbons (Fsp3) is 1.00. The van der Waals surface area contributed by atoms with Crippen LogP contribution in [-0.2, 0) is 4.74 Å². The molecule has 0 aromatic rings. The van der Waals surface area contributed by atoms with E-state index in [2.05, 4.69) is 10.6 Å². The number of hydrazine groups is 1. The lowest BCUT2D eigenvalue weighted by Gasteiger charge is -2.17. The highest BCUT2D eigenvalue weighted by molar-refractivity contribution is 4.70. The third kappa shape index (κ3) is 3.00. The van der Waals surface area contributed by atoms with Crippen molar-refractivity contribution in [3.8, 4) is 0 Å². The number of hydrogen-bond acceptors (Lipinski definition) is 3. The number of nitrogens with two attached hydrogens (primary N) is 1. The molecule has 0 amide bonds. The summed E-state index contributed by atoms with van der Waals surface area (Å²) in [7, 11) is 1.18. The van der Waals surface area contributed by atoms with Crippen molar-refractivity contribution in [2.24, 2.45) is 5.84 Å². The number of rotatable bonds is 3. The van der Waals surface area contributed by atoms with Gasteiger partial charge in [0.1, 0.15) is 6.04 Å². The fourth-order valence-corrected chi connectivity index (χ4v) is 0.404. The highest BCUT2D eigenvalue weighted by Crippen LogP contribution is 2.19. The van der Waals surface area contributed by atoms with Gasteiger partial charge >= 0.3 is 6.18 Å². The summed E-state index contributed by atoms with van der Waals surface area (Å²) in [5.74, 6) is 4.59. The van der Waals surface area contributed by atoms with E-state index in [1.54, 1.807) is 5.43 Å². The quantitative estimate of drug-likeness (QED) is 0.450. The highest BCUT2D eigenvalue weighted by Gasteiger charge is 2.38. The Bertz CT molecular complexity index is 95.0. The van der Waals surface area contributed by atoms with Crippen molar-refractivity contribution < 1.29 is 17.9 Å². The molecule has 6 heteroatoms. The zero-order valence-electron chi connectivity index (χ0n) is 5.40. The molecule has 1 unspecified atom stereocenters. The molecule has 0 aliphatic heterocycles. The summed E-state index contributed by atoms with van der Waals surface area (Å²) in [6.45, 7) is -0.472. The Labute approximate surface area is 56.3 Å². The van der Waals surface area contributed by atoms with Crippen molar-refractivity contribution in [2.45, 2.75) is 12.2 Å². The Kier molecular flexibility index (Phi) is 3.62. The zero-order valence-corrected chi connectivity index (χ0v) is 5.40. The first kappa shape index (κ1) is 9.67. The van der Waals surface area contributed by atoms with E-state index in [1.165, 1.54) is 7.11 Å². The van der Waals surface area contributed by atoms with Gasteiger partial charge in [-0.3, -0.25) is 5.84 Å². The Morgan fingerprint density at radius 2 is 2.10 bits per heavy atom. The topological polar surface area (TPSA) is 47.3 Å². The summed E-state index contributed by atoms with van der Waals surface area (Å²) in [5, 5.41) is 0. The van der Waals surface area contributed by atoms with Crippen LogP contribution in [0.2, 0.25) is 0 Å². The first-order valence-electron chi connectivity index (χ1n) is 2.54. The van der Waals surface area contributed by atoms with Crippen LogP contribution in [0.1, 0.15) is 0 Å². The molecule has 3 N–H and O–H groups in total. The Balaban J connectivity index is 3.81. The molecule has 1 atom stereocenters. The molecular weight excluding hydrogens is 149 g/mol. The molecule has 62 valence electrons. The van der Waals surface area contributed by atoms with Crippen LogP contribution in [-0.4, -0.2) is 25.9 Å². The van der Waals surface area contributed by atoms with Gasteiger partial charge in [0, 0.05) is 7.11 Å². The summed E-state index contributed by atoms with van der Waals surface area (Å²) >= 11 is 0. The minimum atomic E-state index is -4.34. The number of alkyl halides is 3. The molecule has 0 aromatic heterocycles. The molecule has 0 spiro atoms. The molecule has 0 heterocycles. The van der Waals surface area contributed by atoms with E-state index in [9.17, 15) is 13.2 Å². The minimum absolute atomic E-state index is 0.472. The minimum Gasteiger partial charge on any atom is -0.383 e. The number of methoxy groups -OCH3 is 1. The largest absolute Gasteiger partial charge is 0.407 e. The van der Waals surface area contributed by atoms with E-state index in [0.29, 0.717) is 0 Å². The fourth-order valence-electron chi connectivity index (χ4n) is 0.404. The maximum Gasteiger partial charge on any atom is 0.407 e. The molecule has 0 fully saturated rings. The number of nitrogens with one attached hydrogen (secondary N) is 1. The van der Waals surface area contributed by atoms with Gasteiger partial charge in [-0.2, -0.15) is 13.2 Å². The van der Waals surface area contributed by atoms with E-state index >= 15 is 0 Å². The van der Waals surface area contributed by atoms with Crippen molar-refractivity contribution in [3.05, 3.63) is 0 Å². The molecule has 0 bridgehead atoms. The van der Waals surface area contributed by atoms with Gasteiger partial charge in [0.25, 0.3) is 0 Å². The van der Waals surface area contributed by atoms with E-state index in [-0.39, 0.29) is 0 Å². The number of ether oxygens (including phenoxy) is 1. The Morgan fingerprint density at radius 1 is 1.60 bits per heavy atom. The average molecular weight is 158 g/mol. The number of halogens is 3. The lowest BCUT2D eigenvalue weighted by molar-refractivity contribution is -0.166. The van der Waals surface area contributed by atoms with Crippen molar-refractivity contribution >= 4 is 0 Å². The van der Waals surface area contributed by atoms with Gasteiger partial charge in [-0.15, -0.1) is 0 Å². The van der Waals surface area contributed by atoms with Gasteiger partial charge in [0.05, 0.1) is 6.61 Å². The molecule has 10 heavy (non-hydrogen) atoms. The lowest BCUT2D eigenvalue weighted by atomic mass is 10.3. The van der Waals surface area contributed by atoms with Crippen molar-refractivity contribution in [1.29, 1.82) is 0 Å². The van der Waals surface area contributed by atoms with Crippen LogP contribution in [0.3, 0.4) is 0 Å². The maximum absolute atomic E-state index is 11.7. The Morgan fingerprint density at radius 3 is 2.20 bits per heavy atom. The van der Waals surface area contributed by atoms with Crippen molar-refractivity contribution in [2.75, 3.05) is 13.7 Å². The van der Waals surface area contributed by atoms with Crippen LogP contribution in [0.25, 0.3) is 0 Å². The summed E-state index contributed by atoms with van der Waals surface area (Å²) in [6.07, 6.45) is -4.34. The normalized spacial score (nSPS) is 15.3. The van der Waals surface area contributed by atoms with Crippen LogP contribution in [0.5, 0.6) is 0 Å². The molecule has 3 nitrogen and oxygen atoms in total. The average Bonchev–Trinajstić information content (AvgIpc) is 1.80. The van der Waals surface area contributed by atoms with E-state index in [1.807, 2.05) is 0 Å². The predicted molar refractivity (Wildman–Crippen MR) is 29.0 cm³/mol. The van der Waals surface area contributed by atoms with Gasteiger partial charge in [-0.1, -0.05) is 0 Å². The molecule has 0 aliphatic carbocycles. The molecular formula is C4H9F3N2O. The standard InChI is InChI=1S/C4H9F3N2O/c1-10-2-3(9-8)4(5,6)7/h3,9H,2,8H2,1H3. The van der Waals surface area contributed by atoms with Gasteiger partial charge in [0.15, 0.2) is 0 Å². The smallest absolute Gasteiger partial charge is 0.383 e. The van der Waals surface area contributed by atoms with Gasteiger partial charge in [0.2, 0.25) is 0 Å². The molecule has 0 aliphatic rings. The van der Waals surface area contributed by atoms with E-state index in [4.69, 9.17) is 0 Å². The zero-order chi connectivity index (χ0) is 8.20. The Hall–Kier alpha value is -0.330. The third-order valence-electron chi connectivity index (χ3n) is 0.930. The molecule has 0 rings (SSSR count). The van der Waals surface area contributed by atoms with E-state index < -0.39 is 18.8 Å². The highest BCUT2D eigenvalue weighted by atomic mass is 19.4. The third-order valence-corrected chi connectivity index (χ3v) is 0.930. The summed E-state index contributed by atoms with van der Waals surface area (Å²) in [6, 6.07) is -1.78. The van der Waals surface area contributed by atoms with Crippen molar-refractivity contribution in [1.82, 2.24) is 5.43 Å². The van der Waals surface area contributed by atoms with Crippen molar-refractivity contribution in [3.63, 3.8) is 0 Å². The second-order valence-corrected chi connectivity index (χ2v) is 1.72. The van der Waals surface area contributed by atoms with Gasteiger partial charge in [-0.25, -0.2) is 5.43 Å². The van der Waals surface area contributed by atoms with Crippen LogP contribution >= 0.6 is 0 Å². The first-order valence-corrected chi connectivity index (χ1v) is 2.54. The molecule has 0 saturated carbocycles. The monoisotopic (exact) mass is 158 g/mol.